The van der Waals surface area contributed by atoms with Gasteiger partial charge >= 0.3 is 0 Å². The van der Waals surface area contributed by atoms with E-state index in [1.165, 1.54) is 17.8 Å². The Labute approximate surface area is 117 Å². The van der Waals surface area contributed by atoms with Crippen molar-refractivity contribution < 1.29 is 9.59 Å². The van der Waals surface area contributed by atoms with Gasteiger partial charge in [0.2, 0.25) is 9.97 Å². The molecule has 0 bridgehead atoms. The fourth-order valence-corrected chi connectivity index (χ4v) is 2.34. The number of Topliss-reactive ketones (excluding diaryl/α,β-unsaturated/α-hetero) is 1. The molecule has 100 valence electrons. The third-order valence-electron chi connectivity index (χ3n) is 2.63. The fourth-order valence-electron chi connectivity index (χ4n) is 1.62. The van der Waals surface area contributed by atoms with Crippen LogP contribution in [0.25, 0.3) is 4.96 Å². The quantitative estimate of drug-likeness (QED) is 0.740. The third-order valence-corrected chi connectivity index (χ3v) is 3.54. The van der Waals surface area contributed by atoms with Crippen LogP contribution < -0.4 is 5.32 Å². The molecular formula is C12H9N5O2S. The molecule has 0 spiro atoms. The molecule has 0 radical (unpaired) electrons. The first-order chi connectivity index (χ1) is 9.63. The highest BCUT2D eigenvalue weighted by atomic mass is 32.1. The zero-order valence-corrected chi connectivity index (χ0v) is 11.2. The van der Waals surface area contributed by atoms with Crippen molar-refractivity contribution in [1.82, 2.24) is 19.8 Å². The number of nitrogens with one attached hydrogen (secondary N) is 1. The standard InChI is InChI=1S/C12H9N5O2S/c1-7(18)8-2-4-9(5-3-8)14-10(19)11-16-17-6-13-15-12(17)20-11/h2-6H,1H3,(H,14,19). The lowest BCUT2D eigenvalue weighted by atomic mass is 10.1. The van der Waals surface area contributed by atoms with Crippen LogP contribution in [0.5, 0.6) is 0 Å². The van der Waals surface area contributed by atoms with Crippen LogP contribution in [0, 0.1) is 0 Å². The average molecular weight is 287 g/mol. The summed E-state index contributed by atoms with van der Waals surface area (Å²) in [7, 11) is 0. The van der Waals surface area contributed by atoms with Crippen molar-refractivity contribution in [3.05, 3.63) is 41.2 Å². The highest BCUT2D eigenvalue weighted by molar-refractivity contribution is 7.18. The summed E-state index contributed by atoms with van der Waals surface area (Å²) in [6.45, 7) is 1.49. The molecule has 0 aliphatic rings. The molecule has 3 aromatic rings. The van der Waals surface area contributed by atoms with Crippen molar-refractivity contribution in [2.75, 3.05) is 5.32 Å². The summed E-state index contributed by atoms with van der Waals surface area (Å²) in [4.78, 5) is 23.7. The van der Waals surface area contributed by atoms with Gasteiger partial charge < -0.3 is 5.32 Å². The van der Waals surface area contributed by atoms with Gasteiger partial charge in [0, 0.05) is 11.3 Å². The van der Waals surface area contributed by atoms with E-state index in [2.05, 4.69) is 20.6 Å². The maximum atomic E-state index is 12.0. The Morgan fingerprint density at radius 3 is 2.65 bits per heavy atom. The van der Waals surface area contributed by atoms with E-state index in [0.29, 0.717) is 21.2 Å². The van der Waals surface area contributed by atoms with Crippen LogP contribution in [-0.2, 0) is 0 Å². The van der Waals surface area contributed by atoms with Gasteiger partial charge in [0.05, 0.1) is 0 Å². The van der Waals surface area contributed by atoms with Crippen molar-refractivity contribution >= 4 is 33.7 Å². The number of hydrogen-bond donors (Lipinski definition) is 1. The first-order valence-corrected chi connectivity index (χ1v) is 6.54. The number of hydrogen-bond acceptors (Lipinski definition) is 6. The van der Waals surface area contributed by atoms with Crippen LogP contribution in [0.4, 0.5) is 5.69 Å². The molecule has 20 heavy (non-hydrogen) atoms. The number of anilines is 1. The van der Waals surface area contributed by atoms with Crippen LogP contribution in [0.2, 0.25) is 0 Å². The molecule has 0 saturated carbocycles. The second kappa shape index (κ2) is 4.82. The predicted molar refractivity (Wildman–Crippen MR) is 73.1 cm³/mol. The molecule has 0 aliphatic carbocycles. The molecule has 1 amide bonds. The molecule has 7 nitrogen and oxygen atoms in total. The number of amides is 1. The van der Waals surface area contributed by atoms with Gasteiger partial charge in [0.15, 0.2) is 5.78 Å². The highest BCUT2D eigenvalue weighted by Crippen LogP contribution is 2.15. The van der Waals surface area contributed by atoms with Crippen LogP contribution in [-0.4, -0.2) is 31.5 Å². The maximum Gasteiger partial charge on any atom is 0.286 e. The van der Waals surface area contributed by atoms with Crippen LogP contribution in [0.3, 0.4) is 0 Å². The number of carbonyl (C=O) groups excluding carboxylic acids is 2. The number of carbonyl (C=O) groups is 2. The summed E-state index contributed by atoms with van der Waals surface area (Å²) in [6, 6.07) is 6.68. The monoisotopic (exact) mass is 287 g/mol. The van der Waals surface area contributed by atoms with E-state index in [0.717, 1.165) is 11.3 Å². The third kappa shape index (κ3) is 2.28. The number of fused-ring (bicyclic) bond motifs is 1. The molecule has 3 rings (SSSR count). The second-order valence-corrected chi connectivity index (χ2v) is 5.01. The van der Waals surface area contributed by atoms with E-state index in [1.807, 2.05) is 0 Å². The van der Waals surface area contributed by atoms with Gasteiger partial charge in [-0.1, -0.05) is 11.3 Å². The molecule has 0 aliphatic heterocycles. The first-order valence-electron chi connectivity index (χ1n) is 5.73. The van der Waals surface area contributed by atoms with Gasteiger partial charge in [-0.15, -0.1) is 15.3 Å². The van der Waals surface area contributed by atoms with Crippen molar-refractivity contribution in [1.29, 1.82) is 0 Å². The van der Waals surface area contributed by atoms with Gasteiger partial charge in [-0.25, -0.2) is 0 Å². The lowest BCUT2D eigenvalue weighted by molar-refractivity contribution is 0.101. The molecule has 2 heterocycles. The predicted octanol–water partition coefficient (Wildman–Crippen LogP) is 1.64. The molecule has 0 saturated heterocycles. The van der Waals surface area contributed by atoms with Gasteiger partial charge in [-0.2, -0.15) is 4.52 Å². The first kappa shape index (κ1) is 12.4. The van der Waals surface area contributed by atoms with Gasteiger partial charge in [0.1, 0.15) is 6.33 Å². The minimum Gasteiger partial charge on any atom is -0.320 e. The van der Waals surface area contributed by atoms with E-state index in [-0.39, 0.29) is 11.7 Å². The second-order valence-electron chi connectivity index (χ2n) is 4.05. The molecule has 2 aromatic heterocycles. The number of ketones is 1. The van der Waals surface area contributed by atoms with Crippen molar-refractivity contribution in [3.63, 3.8) is 0 Å². The molecule has 1 aromatic carbocycles. The van der Waals surface area contributed by atoms with Crippen LogP contribution >= 0.6 is 11.3 Å². The maximum absolute atomic E-state index is 12.0. The molecular weight excluding hydrogens is 278 g/mol. The van der Waals surface area contributed by atoms with Gasteiger partial charge in [-0.05, 0) is 31.2 Å². The Balaban J connectivity index is 1.78. The minimum absolute atomic E-state index is 0.0171. The highest BCUT2D eigenvalue weighted by Gasteiger charge is 2.13. The molecule has 0 fully saturated rings. The zero-order valence-electron chi connectivity index (χ0n) is 10.4. The van der Waals surface area contributed by atoms with Crippen LogP contribution in [0.15, 0.2) is 30.6 Å². The lowest BCUT2D eigenvalue weighted by Gasteiger charge is -2.03. The lowest BCUT2D eigenvalue weighted by Crippen LogP contribution is -2.12. The Morgan fingerprint density at radius 1 is 1.25 bits per heavy atom. The summed E-state index contributed by atoms with van der Waals surface area (Å²) >= 11 is 1.15. The Morgan fingerprint density at radius 2 is 2.00 bits per heavy atom. The summed E-state index contributed by atoms with van der Waals surface area (Å²) < 4.78 is 1.44. The van der Waals surface area contributed by atoms with Crippen molar-refractivity contribution in [2.45, 2.75) is 6.92 Å². The largest absolute Gasteiger partial charge is 0.320 e. The van der Waals surface area contributed by atoms with E-state index < -0.39 is 0 Å². The van der Waals surface area contributed by atoms with Crippen LogP contribution in [0.1, 0.15) is 27.1 Å². The summed E-state index contributed by atoms with van der Waals surface area (Å²) in [5.41, 5.74) is 1.20. The van der Waals surface area contributed by atoms with Gasteiger partial charge in [0.25, 0.3) is 5.91 Å². The Bertz CT molecular complexity index is 761. The van der Waals surface area contributed by atoms with E-state index >= 15 is 0 Å². The summed E-state index contributed by atoms with van der Waals surface area (Å²) in [5, 5.41) is 14.5. The number of nitrogens with zero attached hydrogens (tertiary/aromatic N) is 4. The minimum atomic E-state index is -0.323. The molecule has 8 heteroatoms. The van der Waals surface area contributed by atoms with E-state index in [4.69, 9.17) is 0 Å². The molecule has 1 N–H and O–H groups in total. The Hall–Kier alpha value is -2.61. The number of aromatic nitrogens is 4. The SMILES string of the molecule is CC(=O)c1ccc(NC(=O)c2nn3cnnc3s2)cc1. The zero-order chi connectivity index (χ0) is 14.1. The normalized spacial score (nSPS) is 10.7. The summed E-state index contributed by atoms with van der Waals surface area (Å²) in [6.07, 6.45) is 1.43. The van der Waals surface area contributed by atoms with E-state index in [1.54, 1.807) is 24.3 Å². The summed E-state index contributed by atoms with van der Waals surface area (Å²) in [5.74, 6) is -0.340. The van der Waals surface area contributed by atoms with Crippen molar-refractivity contribution in [3.8, 4) is 0 Å². The number of benzene rings is 1. The number of rotatable bonds is 3. The van der Waals surface area contributed by atoms with Crippen molar-refractivity contribution in [2.24, 2.45) is 0 Å². The molecule has 0 unspecified atom stereocenters. The van der Waals surface area contributed by atoms with E-state index in [9.17, 15) is 9.59 Å². The van der Waals surface area contributed by atoms with Gasteiger partial charge in [-0.3, -0.25) is 9.59 Å². The average Bonchev–Trinajstić information content (AvgIpc) is 2.99. The fraction of sp³-hybridized carbons (Fsp3) is 0.0833. The smallest absolute Gasteiger partial charge is 0.286 e. The Kier molecular flexibility index (Phi) is 2.99. The topological polar surface area (TPSA) is 89.2 Å². The molecule has 0 atom stereocenters.